The van der Waals surface area contributed by atoms with Crippen LogP contribution in [0.1, 0.15) is 28.8 Å². The summed E-state index contributed by atoms with van der Waals surface area (Å²) in [5, 5.41) is 1.04. The Balaban J connectivity index is 1.41. The van der Waals surface area contributed by atoms with Gasteiger partial charge in [0.2, 0.25) is 5.91 Å². The maximum absolute atomic E-state index is 12.8. The first kappa shape index (κ1) is 20.4. The summed E-state index contributed by atoms with van der Waals surface area (Å²) in [7, 11) is 0. The summed E-state index contributed by atoms with van der Waals surface area (Å²) in [4.78, 5) is 33.7. The van der Waals surface area contributed by atoms with Crippen molar-refractivity contribution in [2.45, 2.75) is 12.8 Å². The molecule has 0 N–H and O–H groups in total. The molecule has 32 heavy (non-hydrogen) atoms. The van der Waals surface area contributed by atoms with Gasteiger partial charge >= 0.3 is 0 Å². The molecule has 6 heteroatoms. The molecule has 0 spiro atoms. The molecule has 6 nitrogen and oxygen atoms in total. The number of pyridine rings is 1. The Morgan fingerprint density at radius 1 is 1.00 bits per heavy atom. The van der Waals surface area contributed by atoms with E-state index in [9.17, 15) is 9.59 Å². The Morgan fingerprint density at radius 3 is 2.53 bits per heavy atom. The van der Waals surface area contributed by atoms with E-state index in [1.165, 1.54) is 0 Å². The van der Waals surface area contributed by atoms with E-state index >= 15 is 0 Å². The Hall–Kier alpha value is -3.51. The van der Waals surface area contributed by atoms with Crippen LogP contribution in [-0.2, 0) is 9.53 Å². The maximum Gasteiger partial charge on any atom is 0.227 e. The second-order valence-electron chi connectivity index (χ2n) is 8.09. The number of ether oxygens (including phenoxy) is 1. The number of hydrogen-bond acceptors (Lipinski definition) is 5. The number of rotatable bonds is 5. The number of anilines is 2. The average molecular weight is 428 g/mol. The number of para-hydroxylation sites is 1. The Morgan fingerprint density at radius 2 is 1.78 bits per heavy atom. The molecule has 1 amide bonds. The lowest BCUT2D eigenvalue weighted by Crippen LogP contribution is -2.37. The third kappa shape index (κ3) is 4.14. The van der Waals surface area contributed by atoms with Gasteiger partial charge in [0, 0.05) is 48.3 Å². The molecular formula is C26H25N3O3. The summed E-state index contributed by atoms with van der Waals surface area (Å²) in [6.07, 6.45) is 4.93. The molecule has 3 heterocycles. The number of nitrogens with zero attached hydrogens (tertiary/aromatic N) is 3. The zero-order chi connectivity index (χ0) is 21.9. The van der Waals surface area contributed by atoms with Gasteiger partial charge in [0.15, 0.2) is 5.78 Å². The number of morpholine rings is 1. The molecular weight excluding hydrogens is 402 g/mol. The number of carbonyl (C=O) groups excluding carboxylic acids is 2. The number of benzene rings is 2. The van der Waals surface area contributed by atoms with Crippen molar-refractivity contribution >= 4 is 40.2 Å². The molecule has 3 aromatic rings. The summed E-state index contributed by atoms with van der Waals surface area (Å²) in [5.74, 6) is 0.938. The van der Waals surface area contributed by atoms with Gasteiger partial charge in [0.1, 0.15) is 5.82 Å². The van der Waals surface area contributed by atoms with Gasteiger partial charge in [-0.3, -0.25) is 9.59 Å². The predicted octanol–water partition coefficient (Wildman–Crippen LogP) is 4.09. The molecule has 2 aromatic carbocycles. The molecule has 0 atom stereocenters. The molecule has 0 bridgehead atoms. The zero-order valence-corrected chi connectivity index (χ0v) is 17.9. The standard InChI is InChI=1S/C26H25N3O3/c30-24(19-7-10-22(11-8-19)29-13-3-6-25(29)31)12-9-21-18-20-4-1-2-5-23(20)27-26(21)28-14-16-32-17-15-28/h1-2,4-5,7-12,18H,3,6,13-17H2/b12-9+. The van der Waals surface area contributed by atoms with E-state index in [1.807, 2.05) is 42.5 Å². The van der Waals surface area contributed by atoms with E-state index in [4.69, 9.17) is 9.72 Å². The van der Waals surface area contributed by atoms with Crippen LogP contribution < -0.4 is 9.80 Å². The van der Waals surface area contributed by atoms with Crippen molar-refractivity contribution in [1.82, 2.24) is 4.98 Å². The van der Waals surface area contributed by atoms with Crippen LogP contribution in [0.2, 0.25) is 0 Å². The highest BCUT2D eigenvalue weighted by molar-refractivity contribution is 6.07. The third-order valence-corrected chi connectivity index (χ3v) is 5.99. The monoisotopic (exact) mass is 427 g/mol. The largest absolute Gasteiger partial charge is 0.378 e. The minimum Gasteiger partial charge on any atom is -0.378 e. The van der Waals surface area contributed by atoms with Crippen molar-refractivity contribution in [3.05, 3.63) is 71.8 Å². The molecule has 162 valence electrons. The van der Waals surface area contributed by atoms with Gasteiger partial charge < -0.3 is 14.5 Å². The summed E-state index contributed by atoms with van der Waals surface area (Å²) in [5.41, 5.74) is 3.29. The summed E-state index contributed by atoms with van der Waals surface area (Å²) in [6, 6.07) is 17.4. The van der Waals surface area contributed by atoms with E-state index in [2.05, 4.69) is 11.0 Å². The quantitative estimate of drug-likeness (QED) is 0.453. The van der Waals surface area contributed by atoms with Crippen molar-refractivity contribution in [2.24, 2.45) is 0 Å². The van der Waals surface area contributed by atoms with Crippen LogP contribution in [0, 0.1) is 0 Å². The maximum atomic E-state index is 12.8. The van der Waals surface area contributed by atoms with Crippen LogP contribution in [0.15, 0.2) is 60.7 Å². The molecule has 1 aromatic heterocycles. The van der Waals surface area contributed by atoms with Crippen molar-refractivity contribution in [2.75, 3.05) is 42.6 Å². The third-order valence-electron chi connectivity index (χ3n) is 5.99. The highest BCUT2D eigenvalue weighted by Crippen LogP contribution is 2.26. The highest BCUT2D eigenvalue weighted by Gasteiger charge is 2.21. The van der Waals surface area contributed by atoms with Gasteiger partial charge in [0.25, 0.3) is 0 Å². The van der Waals surface area contributed by atoms with Crippen molar-refractivity contribution in [1.29, 1.82) is 0 Å². The van der Waals surface area contributed by atoms with E-state index in [0.717, 1.165) is 54.0 Å². The number of hydrogen-bond donors (Lipinski definition) is 0. The molecule has 0 aliphatic carbocycles. The predicted molar refractivity (Wildman–Crippen MR) is 126 cm³/mol. The van der Waals surface area contributed by atoms with Crippen molar-refractivity contribution < 1.29 is 14.3 Å². The molecule has 2 fully saturated rings. The fourth-order valence-electron chi connectivity index (χ4n) is 4.26. The minimum absolute atomic E-state index is 0.0783. The lowest BCUT2D eigenvalue weighted by atomic mass is 10.1. The Kier molecular flexibility index (Phi) is 5.69. The van der Waals surface area contributed by atoms with Crippen LogP contribution in [0.5, 0.6) is 0 Å². The van der Waals surface area contributed by atoms with Crippen LogP contribution in [0.3, 0.4) is 0 Å². The van der Waals surface area contributed by atoms with Gasteiger partial charge in [-0.15, -0.1) is 0 Å². The summed E-state index contributed by atoms with van der Waals surface area (Å²) >= 11 is 0. The van der Waals surface area contributed by atoms with Crippen molar-refractivity contribution in [3.8, 4) is 0 Å². The van der Waals surface area contributed by atoms with Crippen LogP contribution in [-0.4, -0.2) is 49.5 Å². The second kappa shape index (κ2) is 8.93. The summed E-state index contributed by atoms with van der Waals surface area (Å²) in [6.45, 7) is 3.63. The normalized spacial score (nSPS) is 16.9. The van der Waals surface area contributed by atoms with Gasteiger partial charge in [-0.1, -0.05) is 18.2 Å². The number of carbonyl (C=O) groups is 2. The lowest BCUT2D eigenvalue weighted by Gasteiger charge is -2.29. The Bertz CT molecular complexity index is 1180. The smallest absolute Gasteiger partial charge is 0.227 e. The molecule has 0 radical (unpaired) electrons. The second-order valence-corrected chi connectivity index (χ2v) is 8.09. The van der Waals surface area contributed by atoms with E-state index in [0.29, 0.717) is 25.2 Å². The van der Waals surface area contributed by atoms with E-state index in [-0.39, 0.29) is 11.7 Å². The van der Waals surface area contributed by atoms with Crippen molar-refractivity contribution in [3.63, 3.8) is 0 Å². The SMILES string of the molecule is O=C(/C=C/c1cc2ccccc2nc1N1CCOCC1)c1ccc(N2CCCC2=O)cc1. The molecule has 0 unspecified atom stereocenters. The van der Waals surface area contributed by atoms with Crippen LogP contribution in [0.25, 0.3) is 17.0 Å². The van der Waals surface area contributed by atoms with Crippen LogP contribution >= 0.6 is 0 Å². The minimum atomic E-state index is -0.0783. The zero-order valence-electron chi connectivity index (χ0n) is 17.9. The highest BCUT2D eigenvalue weighted by atomic mass is 16.5. The molecule has 2 aliphatic rings. The fraction of sp³-hybridized carbons (Fsp3) is 0.269. The first-order valence-corrected chi connectivity index (χ1v) is 11.0. The number of allylic oxidation sites excluding steroid dienone is 1. The molecule has 2 saturated heterocycles. The van der Waals surface area contributed by atoms with Gasteiger partial charge in [-0.05, 0) is 55.0 Å². The molecule has 2 aliphatic heterocycles. The van der Waals surface area contributed by atoms with E-state index in [1.54, 1.807) is 23.1 Å². The van der Waals surface area contributed by atoms with Gasteiger partial charge in [-0.2, -0.15) is 0 Å². The number of ketones is 1. The van der Waals surface area contributed by atoms with E-state index < -0.39 is 0 Å². The number of amides is 1. The first-order chi connectivity index (χ1) is 15.7. The van der Waals surface area contributed by atoms with Crippen LogP contribution in [0.4, 0.5) is 11.5 Å². The average Bonchev–Trinajstić information content (AvgIpc) is 3.28. The lowest BCUT2D eigenvalue weighted by molar-refractivity contribution is -0.117. The summed E-state index contributed by atoms with van der Waals surface area (Å²) < 4.78 is 5.49. The van der Waals surface area contributed by atoms with Gasteiger partial charge in [0.05, 0.1) is 18.7 Å². The fourth-order valence-corrected chi connectivity index (χ4v) is 4.26. The Labute approximate surface area is 187 Å². The topological polar surface area (TPSA) is 62.7 Å². The molecule has 0 saturated carbocycles. The van der Waals surface area contributed by atoms with Gasteiger partial charge in [-0.25, -0.2) is 4.98 Å². The molecule has 5 rings (SSSR count). The number of aromatic nitrogens is 1. The number of fused-ring (bicyclic) bond motifs is 1. The first-order valence-electron chi connectivity index (χ1n) is 11.0.